The van der Waals surface area contributed by atoms with Crippen molar-refractivity contribution in [3.63, 3.8) is 0 Å². The molecule has 0 radical (unpaired) electrons. The largest absolute Gasteiger partial charge is 0.391 e. The normalized spacial score (nSPS) is 32.4. The molecule has 4 N–H and O–H groups in total. The number of nitrogens with zero attached hydrogens (tertiary/aromatic N) is 1. The van der Waals surface area contributed by atoms with Crippen LogP contribution in [0, 0.1) is 0 Å². The van der Waals surface area contributed by atoms with Crippen LogP contribution >= 0.6 is 0 Å². The highest BCUT2D eigenvalue weighted by Gasteiger charge is 2.22. The third-order valence-electron chi connectivity index (χ3n) is 3.96. The Bertz CT molecular complexity index is 261. The van der Waals surface area contributed by atoms with E-state index in [9.17, 15) is 5.11 Å². The summed E-state index contributed by atoms with van der Waals surface area (Å²) in [5.74, 6) is 0.530. The Morgan fingerprint density at radius 1 is 1.00 bits per heavy atom. The van der Waals surface area contributed by atoms with Crippen LogP contribution in [0.2, 0.25) is 0 Å². The van der Waals surface area contributed by atoms with Gasteiger partial charge < -0.3 is 16.2 Å². The van der Waals surface area contributed by atoms with Gasteiger partial charge in [-0.1, -0.05) is 32.1 Å². The summed E-state index contributed by atoms with van der Waals surface area (Å²) in [5.41, 5.74) is 5.93. The van der Waals surface area contributed by atoms with Crippen LogP contribution in [0.25, 0.3) is 0 Å². The van der Waals surface area contributed by atoms with Crippen LogP contribution in [0.4, 0.5) is 0 Å². The maximum Gasteiger partial charge on any atom is 0.189 e. The molecule has 0 saturated heterocycles. The minimum absolute atomic E-state index is 0.00593. The molecule has 0 amide bonds. The zero-order valence-electron chi connectivity index (χ0n) is 10.6. The molecular formula is C13H25N3O. The van der Waals surface area contributed by atoms with Gasteiger partial charge in [0.2, 0.25) is 0 Å². The number of hydrogen-bond acceptors (Lipinski definition) is 2. The number of guanidine groups is 1. The molecule has 0 aliphatic heterocycles. The number of aliphatic hydroxyl groups excluding tert-OH is 1. The molecule has 0 aromatic heterocycles. The summed E-state index contributed by atoms with van der Waals surface area (Å²) in [6, 6.07) is 0.507. The van der Waals surface area contributed by atoms with Gasteiger partial charge in [0, 0.05) is 6.04 Å². The van der Waals surface area contributed by atoms with E-state index in [1.54, 1.807) is 0 Å². The number of nitrogens with two attached hydrogens (primary N) is 1. The second-order valence-corrected chi connectivity index (χ2v) is 5.41. The van der Waals surface area contributed by atoms with Crippen LogP contribution in [0.5, 0.6) is 0 Å². The summed E-state index contributed by atoms with van der Waals surface area (Å²) in [6.07, 6.45) is 9.98. The Morgan fingerprint density at radius 2 is 1.65 bits per heavy atom. The molecule has 0 bridgehead atoms. The fourth-order valence-corrected chi connectivity index (χ4v) is 2.91. The first-order chi connectivity index (χ1) is 8.25. The van der Waals surface area contributed by atoms with E-state index in [2.05, 4.69) is 10.3 Å². The lowest BCUT2D eigenvalue weighted by atomic mass is 10.1. The molecule has 0 heterocycles. The van der Waals surface area contributed by atoms with Gasteiger partial charge >= 0.3 is 0 Å². The van der Waals surface area contributed by atoms with E-state index in [1.165, 1.54) is 32.1 Å². The summed E-state index contributed by atoms with van der Waals surface area (Å²) in [4.78, 5) is 4.47. The maximum absolute atomic E-state index is 9.97. The van der Waals surface area contributed by atoms with Crippen molar-refractivity contribution in [3.05, 3.63) is 0 Å². The Labute approximate surface area is 104 Å². The first-order valence-electron chi connectivity index (χ1n) is 7.03. The molecule has 2 saturated carbocycles. The highest BCUT2D eigenvalue weighted by Crippen LogP contribution is 2.21. The lowest BCUT2D eigenvalue weighted by Crippen LogP contribution is -2.40. The number of aliphatic hydroxyl groups is 1. The van der Waals surface area contributed by atoms with Gasteiger partial charge in [-0.2, -0.15) is 0 Å². The molecule has 2 atom stereocenters. The summed E-state index contributed by atoms with van der Waals surface area (Å²) < 4.78 is 0. The van der Waals surface area contributed by atoms with Crippen molar-refractivity contribution in [1.29, 1.82) is 0 Å². The van der Waals surface area contributed by atoms with Gasteiger partial charge in [-0.15, -0.1) is 0 Å². The van der Waals surface area contributed by atoms with Crippen molar-refractivity contribution in [2.45, 2.75) is 76.0 Å². The predicted octanol–water partition coefficient (Wildman–Crippen LogP) is 1.53. The molecule has 2 rings (SSSR count). The van der Waals surface area contributed by atoms with E-state index in [1.807, 2.05) is 0 Å². The van der Waals surface area contributed by atoms with Crippen molar-refractivity contribution < 1.29 is 5.11 Å². The lowest BCUT2D eigenvalue weighted by molar-refractivity contribution is 0.138. The van der Waals surface area contributed by atoms with Gasteiger partial charge in [0.15, 0.2) is 5.96 Å². The van der Waals surface area contributed by atoms with Gasteiger partial charge in [0.1, 0.15) is 0 Å². The Hall–Kier alpha value is -0.770. The number of hydrogen-bond donors (Lipinski definition) is 3. The van der Waals surface area contributed by atoms with Gasteiger partial charge in [-0.05, 0) is 25.7 Å². The molecule has 4 heteroatoms. The topological polar surface area (TPSA) is 70.6 Å². The smallest absolute Gasteiger partial charge is 0.189 e. The second kappa shape index (κ2) is 6.24. The molecule has 2 aliphatic carbocycles. The van der Waals surface area contributed by atoms with Crippen LogP contribution in [0.3, 0.4) is 0 Å². The first kappa shape index (κ1) is 12.7. The maximum atomic E-state index is 9.97. The van der Waals surface area contributed by atoms with E-state index in [4.69, 9.17) is 5.73 Å². The molecule has 0 spiro atoms. The van der Waals surface area contributed by atoms with E-state index >= 15 is 0 Å². The van der Waals surface area contributed by atoms with Crippen molar-refractivity contribution in [1.82, 2.24) is 5.32 Å². The Morgan fingerprint density at radius 3 is 2.41 bits per heavy atom. The highest BCUT2D eigenvalue weighted by molar-refractivity contribution is 5.78. The van der Waals surface area contributed by atoms with Gasteiger partial charge in [-0.3, -0.25) is 0 Å². The summed E-state index contributed by atoms with van der Waals surface area (Å²) >= 11 is 0. The van der Waals surface area contributed by atoms with Crippen molar-refractivity contribution in [2.75, 3.05) is 0 Å². The predicted molar refractivity (Wildman–Crippen MR) is 69.9 cm³/mol. The summed E-state index contributed by atoms with van der Waals surface area (Å²) in [5, 5.41) is 13.3. The number of rotatable bonds is 2. The molecular weight excluding hydrogens is 214 g/mol. The lowest BCUT2D eigenvalue weighted by Gasteiger charge is -2.19. The summed E-state index contributed by atoms with van der Waals surface area (Å²) in [7, 11) is 0. The molecule has 0 aromatic carbocycles. The second-order valence-electron chi connectivity index (χ2n) is 5.41. The Balaban J connectivity index is 1.86. The zero-order chi connectivity index (χ0) is 12.1. The first-order valence-corrected chi connectivity index (χ1v) is 7.03. The highest BCUT2D eigenvalue weighted by atomic mass is 16.3. The minimum Gasteiger partial charge on any atom is -0.391 e. The van der Waals surface area contributed by atoms with E-state index < -0.39 is 0 Å². The fourth-order valence-electron chi connectivity index (χ4n) is 2.91. The van der Waals surface area contributed by atoms with Crippen LogP contribution in [0.15, 0.2) is 4.99 Å². The van der Waals surface area contributed by atoms with E-state index in [-0.39, 0.29) is 12.1 Å². The van der Waals surface area contributed by atoms with Gasteiger partial charge in [0.25, 0.3) is 0 Å². The number of nitrogens with one attached hydrogen (secondary N) is 1. The number of aliphatic imine (C=N–C) groups is 1. The average Bonchev–Trinajstić information content (AvgIpc) is 2.71. The van der Waals surface area contributed by atoms with Crippen LogP contribution in [0.1, 0.15) is 57.8 Å². The van der Waals surface area contributed by atoms with E-state index in [0.29, 0.717) is 12.0 Å². The third kappa shape index (κ3) is 3.87. The van der Waals surface area contributed by atoms with Crippen LogP contribution < -0.4 is 11.1 Å². The SMILES string of the molecule is NC(=NC1CCCCCC1O)NC1CCCC1. The van der Waals surface area contributed by atoms with E-state index in [0.717, 1.165) is 25.7 Å². The third-order valence-corrected chi connectivity index (χ3v) is 3.96. The van der Waals surface area contributed by atoms with Gasteiger partial charge in [0.05, 0.1) is 12.1 Å². The van der Waals surface area contributed by atoms with Crippen LogP contribution in [-0.2, 0) is 0 Å². The average molecular weight is 239 g/mol. The monoisotopic (exact) mass is 239 g/mol. The Kier molecular flexibility index (Phi) is 4.66. The zero-order valence-corrected chi connectivity index (χ0v) is 10.6. The van der Waals surface area contributed by atoms with Crippen molar-refractivity contribution in [2.24, 2.45) is 10.7 Å². The molecule has 17 heavy (non-hydrogen) atoms. The molecule has 2 unspecified atom stereocenters. The standard InChI is InChI=1S/C13H25N3O/c14-13(15-10-6-4-5-7-10)16-11-8-2-1-3-9-12(11)17/h10-12,17H,1-9H2,(H3,14,15,16). The molecule has 0 aromatic rings. The quantitative estimate of drug-likeness (QED) is 0.389. The summed E-state index contributed by atoms with van der Waals surface area (Å²) in [6.45, 7) is 0. The van der Waals surface area contributed by atoms with Gasteiger partial charge in [-0.25, -0.2) is 4.99 Å². The van der Waals surface area contributed by atoms with Crippen molar-refractivity contribution in [3.8, 4) is 0 Å². The fraction of sp³-hybridized carbons (Fsp3) is 0.923. The molecule has 2 fully saturated rings. The molecule has 2 aliphatic rings. The van der Waals surface area contributed by atoms with Crippen molar-refractivity contribution >= 4 is 5.96 Å². The molecule has 98 valence electrons. The molecule has 4 nitrogen and oxygen atoms in total. The van der Waals surface area contributed by atoms with Crippen LogP contribution in [-0.4, -0.2) is 29.3 Å². The minimum atomic E-state index is -0.304.